The van der Waals surface area contributed by atoms with E-state index in [2.05, 4.69) is 17.1 Å². The number of aryl methyl sites for hydroxylation is 1. The van der Waals surface area contributed by atoms with Crippen LogP contribution in [0.3, 0.4) is 0 Å². The van der Waals surface area contributed by atoms with Gasteiger partial charge in [-0.1, -0.05) is 90.9 Å². The van der Waals surface area contributed by atoms with Crippen molar-refractivity contribution >= 4 is 45.7 Å². The molecule has 1 N–H and O–H groups in total. The molecule has 1 aliphatic heterocycles. The Morgan fingerprint density at radius 3 is 2.44 bits per heavy atom. The second-order valence-electron chi connectivity index (χ2n) is 10.5. The van der Waals surface area contributed by atoms with Gasteiger partial charge in [-0.25, -0.2) is 4.39 Å². The lowest BCUT2D eigenvalue weighted by Gasteiger charge is -2.23. The lowest BCUT2D eigenvalue weighted by Crippen LogP contribution is -2.29. The van der Waals surface area contributed by atoms with Gasteiger partial charge >= 0.3 is 5.91 Å². The number of rotatable bonds is 13. The van der Waals surface area contributed by atoms with Crippen molar-refractivity contribution in [3.8, 4) is 11.5 Å². The zero-order valence-electron chi connectivity index (χ0n) is 25.3. The van der Waals surface area contributed by atoms with E-state index in [-0.39, 0.29) is 22.3 Å². The van der Waals surface area contributed by atoms with Gasteiger partial charge in [-0.15, -0.1) is 10.2 Å². The monoisotopic (exact) mass is 647 g/mol. The van der Waals surface area contributed by atoms with Gasteiger partial charge in [-0.3, -0.25) is 14.5 Å². The lowest BCUT2D eigenvalue weighted by atomic mass is 9.95. The van der Waals surface area contributed by atoms with Gasteiger partial charge in [-0.05, 0) is 55.7 Å². The molecular formula is C34H34FN3O5S2. The molecule has 1 aromatic heterocycles. The maximum absolute atomic E-state index is 13.7. The smallest absolute Gasteiger partial charge is 0.301 e. The molecule has 2 heterocycles. The van der Waals surface area contributed by atoms with Gasteiger partial charge in [0.05, 0.1) is 24.8 Å². The predicted octanol–water partition coefficient (Wildman–Crippen LogP) is 7.87. The Hall–Kier alpha value is -4.22. The predicted molar refractivity (Wildman–Crippen MR) is 174 cm³/mol. The number of aromatic nitrogens is 2. The fraction of sp³-hybridized carbons (Fsp3) is 0.294. The van der Waals surface area contributed by atoms with Crippen molar-refractivity contribution in [1.29, 1.82) is 0 Å². The molecule has 3 aromatic carbocycles. The lowest BCUT2D eigenvalue weighted by molar-refractivity contribution is -0.132. The molecule has 0 aliphatic carbocycles. The van der Waals surface area contributed by atoms with Gasteiger partial charge in [0.2, 0.25) is 5.13 Å². The minimum Gasteiger partial charge on any atom is -0.507 e. The van der Waals surface area contributed by atoms with E-state index in [9.17, 15) is 19.1 Å². The van der Waals surface area contributed by atoms with Crippen molar-refractivity contribution in [1.82, 2.24) is 10.2 Å². The van der Waals surface area contributed by atoms with Crippen LogP contribution in [0, 0.1) is 12.7 Å². The fourth-order valence-electron chi connectivity index (χ4n) is 4.91. The van der Waals surface area contributed by atoms with E-state index < -0.39 is 17.7 Å². The number of thioether (sulfide) groups is 1. The van der Waals surface area contributed by atoms with Crippen LogP contribution in [0.25, 0.3) is 5.76 Å². The Morgan fingerprint density at radius 2 is 1.73 bits per heavy atom. The molecule has 8 nitrogen and oxygen atoms in total. The van der Waals surface area contributed by atoms with E-state index >= 15 is 0 Å². The zero-order valence-corrected chi connectivity index (χ0v) is 26.9. The summed E-state index contributed by atoms with van der Waals surface area (Å²) in [6.07, 6.45) is 3.01. The third kappa shape index (κ3) is 7.37. The number of carbonyl (C=O) groups is 2. The average molecular weight is 648 g/mol. The van der Waals surface area contributed by atoms with Gasteiger partial charge in [0, 0.05) is 11.3 Å². The molecule has 0 spiro atoms. The topological polar surface area (TPSA) is 102 Å². The van der Waals surface area contributed by atoms with Crippen LogP contribution < -0.4 is 14.4 Å². The van der Waals surface area contributed by atoms with Crippen molar-refractivity contribution in [2.75, 3.05) is 18.1 Å². The minimum absolute atomic E-state index is 0.0568. The number of unbranched alkanes of at least 4 members (excludes halogenated alkanes) is 2. The highest BCUT2D eigenvalue weighted by Gasteiger charge is 2.48. The summed E-state index contributed by atoms with van der Waals surface area (Å²) < 4.78 is 25.8. The maximum Gasteiger partial charge on any atom is 0.301 e. The van der Waals surface area contributed by atoms with Crippen molar-refractivity contribution in [2.45, 2.75) is 56.2 Å². The number of aliphatic hydroxyl groups is 1. The van der Waals surface area contributed by atoms with Crippen LogP contribution >= 0.6 is 23.1 Å². The molecule has 0 bridgehead atoms. The number of anilines is 1. The molecular weight excluding hydrogens is 614 g/mol. The summed E-state index contributed by atoms with van der Waals surface area (Å²) >= 11 is 2.55. The third-order valence-electron chi connectivity index (χ3n) is 7.24. The number of hydrogen-bond donors (Lipinski definition) is 1. The number of aliphatic hydroxyl groups excluding tert-OH is 1. The van der Waals surface area contributed by atoms with E-state index in [1.165, 1.54) is 28.8 Å². The molecule has 45 heavy (non-hydrogen) atoms. The summed E-state index contributed by atoms with van der Waals surface area (Å²) in [5.74, 6) is -0.699. The molecule has 11 heteroatoms. The van der Waals surface area contributed by atoms with Crippen LogP contribution in [0.15, 0.2) is 76.6 Å². The van der Waals surface area contributed by atoms with Crippen LogP contribution in [0.4, 0.5) is 9.52 Å². The Morgan fingerprint density at radius 1 is 0.978 bits per heavy atom. The largest absolute Gasteiger partial charge is 0.507 e. The Bertz CT molecular complexity index is 1690. The van der Waals surface area contributed by atoms with E-state index in [1.807, 2.05) is 26.0 Å². The molecule has 1 fully saturated rings. The molecule has 1 atom stereocenters. The first kappa shape index (κ1) is 32.2. The van der Waals surface area contributed by atoms with Crippen molar-refractivity contribution in [3.05, 3.63) is 100 Å². The molecule has 0 radical (unpaired) electrons. The molecule has 1 unspecified atom stereocenters. The van der Waals surface area contributed by atoms with Crippen LogP contribution in [0.2, 0.25) is 0 Å². The highest BCUT2D eigenvalue weighted by molar-refractivity contribution is 8.00. The Balaban J connectivity index is 1.54. The number of ether oxygens (including phenoxy) is 2. The van der Waals surface area contributed by atoms with Gasteiger partial charge in [0.1, 0.15) is 11.6 Å². The number of ketones is 1. The van der Waals surface area contributed by atoms with E-state index in [4.69, 9.17) is 9.47 Å². The van der Waals surface area contributed by atoms with Crippen LogP contribution in [-0.4, -0.2) is 40.2 Å². The number of hydrogen-bond acceptors (Lipinski definition) is 9. The number of benzene rings is 3. The van der Waals surface area contributed by atoms with E-state index in [0.717, 1.165) is 41.7 Å². The summed E-state index contributed by atoms with van der Waals surface area (Å²) in [5.41, 5.74) is 2.79. The number of carbonyl (C=O) groups excluding carboxylic acids is 2. The molecule has 1 aliphatic rings. The van der Waals surface area contributed by atoms with Crippen molar-refractivity contribution in [3.63, 3.8) is 0 Å². The van der Waals surface area contributed by atoms with Crippen LogP contribution in [0.5, 0.6) is 11.5 Å². The average Bonchev–Trinajstić information content (AvgIpc) is 3.61. The molecule has 0 saturated carbocycles. The number of amides is 1. The molecule has 4 aromatic rings. The number of Topliss-reactive ketones (excluding diaryl/α,β-unsaturated/α-hetero) is 1. The second-order valence-corrected chi connectivity index (χ2v) is 12.7. The first-order valence-corrected chi connectivity index (χ1v) is 16.6. The molecule has 1 saturated heterocycles. The molecule has 5 rings (SSSR count). The van der Waals surface area contributed by atoms with Crippen LogP contribution in [0.1, 0.15) is 61.4 Å². The van der Waals surface area contributed by atoms with Crippen molar-refractivity contribution < 1.29 is 28.6 Å². The summed E-state index contributed by atoms with van der Waals surface area (Å²) in [6.45, 7) is 6.82. The molecule has 234 valence electrons. The van der Waals surface area contributed by atoms with Crippen molar-refractivity contribution in [2.24, 2.45) is 0 Å². The second kappa shape index (κ2) is 14.7. The standard InChI is InChI=1S/C34H34FN3O5S2/c1-4-6-7-18-43-26-17-14-24(19-27(26)42-5-2)29-28(30(39)23-12-8-21(3)9-13-23)31(40)32(41)38(29)33-36-37-34(45-33)44-20-22-10-15-25(35)16-11-22/h8-17,19,29,39H,4-7,18,20H2,1-3H3/b30-28+. The van der Waals surface area contributed by atoms with E-state index in [1.54, 1.807) is 42.5 Å². The first-order chi connectivity index (χ1) is 21.8. The normalized spacial score (nSPS) is 15.9. The maximum atomic E-state index is 13.7. The Kier molecular flexibility index (Phi) is 10.5. The third-order valence-corrected chi connectivity index (χ3v) is 9.36. The van der Waals surface area contributed by atoms with Gasteiger partial charge in [0.25, 0.3) is 5.78 Å². The summed E-state index contributed by atoms with van der Waals surface area (Å²) in [6, 6.07) is 17.5. The quantitative estimate of drug-likeness (QED) is 0.0391. The molecule has 1 amide bonds. The number of halogens is 1. The zero-order chi connectivity index (χ0) is 31.9. The number of nitrogens with zero attached hydrogens (tertiary/aromatic N) is 3. The van der Waals surface area contributed by atoms with Gasteiger partial charge < -0.3 is 14.6 Å². The van der Waals surface area contributed by atoms with Crippen LogP contribution in [-0.2, 0) is 15.3 Å². The highest BCUT2D eigenvalue weighted by atomic mass is 32.2. The first-order valence-electron chi connectivity index (χ1n) is 14.8. The SMILES string of the molecule is CCCCCOc1ccc(C2/C(=C(\O)c3ccc(C)cc3)C(=O)C(=O)N2c2nnc(SCc3ccc(F)cc3)s2)cc1OCC. The highest BCUT2D eigenvalue weighted by Crippen LogP contribution is 2.45. The summed E-state index contributed by atoms with van der Waals surface area (Å²) in [4.78, 5) is 28.6. The van der Waals surface area contributed by atoms with E-state index in [0.29, 0.717) is 45.9 Å². The minimum atomic E-state index is -0.998. The van der Waals surface area contributed by atoms with Gasteiger partial charge in [0.15, 0.2) is 15.8 Å². The summed E-state index contributed by atoms with van der Waals surface area (Å²) in [7, 11) is 0. The summed E-state index contributed by atoms with van der Waals surface area (Å²) in [5, 5.41) is 20.2. The fourth-order valence-corrected chi connectivity index (χ4v) is 6.74. The Labute approximate surface area is 269 Å². The van der Waals surface area contributed by atoms with Gasteiger partial charge in [-0.2, -0.15) is 0 Å².